The third-order valence-corrected chi connectivity index (χ3v) is 4.78. The summed E-state index contributed by atoms with van der Waals surface area (Å²) in [6.07, 6.45) is 5.17. The summed E-state index contributed by atoms with van der Waals surface area (Å²) in [4.78, 5) is 4.45. The van der Waals surface area contributed by atoms with E-state index in [0.29, 0.717) is 23.7 Å². The molecule has 0 atom stereocenters. The zero-order valence-corrected chi connectivity index (χ0v) is 15.4. The highest BCUT2D eigenvalue weighted by atomic mass is 16.5. The molecule has 1 saturated carbocycles. The van der Waals surface area contributed by atoms with Gasteiger partial charge in [0, 0.05) is 6.54 Å². The Morgan fingerprint density at radius 3 is 2.50 bits per heavy atom. The van der Waals surface area contributed by atoms with E-state index in [1.165, 1.54) is 25.7 Å². The smallest absolute Gasteiger partial charge is 0.188 e. The molecule has 24 heavy (non-hydrogen) atoms. The van der Waals surface area contributed by atoms with E-state index in [-0.39, 0.29) is 0 Å². The first kappa shape index (κ1) is 18.4. The summed E-state index contributed by atoms with van der Waals surface area (Å²) in [6.45, 7) is 6.02. The molecule has 0 aromatic heterocycles. The Labute approximate surface area is 145 Å². The molecule has 0 radical (unpaired) electrons. The first-order valence-electron chi connectivity index (χ1n) is 8.73. The Kier molecular flexibility index (Phi) is 6.35. The fourth-order valence-electron chi connectivity index (χ4n) is 3.49. The minimum atomic E-state index is 0.414. The molecule has 0 unspecified atom stereocenters. The Hall–Kier alpha value is -1.91. The van der Waals surface area contributed by atoms with Crippen LogP contribution in [0.3, 0.4) is 0 Å². The van der Waals surface area contributed by atoms with Crippen molar-refractivity contribution in [2.75, 3.05) is 20.8 Å². The fourth-order valence-corrected chi connectivity index (χ4v) is 3.49. The lowest BCUT2D eigenvalue weighted by molar-refractivity contribution is 0.105. The number of hydrogen-bond acceptors (Lipinski definition) is 3. The zero-order chi connectivity index (χ0) is 17.6. The second-order valence-corrected chi connectivity index (χ2v) is 7.20. The summed E-state index contributed by atoms with van der Waals surface area (Å²) in [5, 5.41) is 3.32. The van der Waals surface area contributed by atoms with Crippen molar-refractivity contribution in [3.63, 3.8) is 0 Å². The standard InChI is InChI=1S/C19H31N3O2/c1-14(2)11-19(8-5-9-19)13-22-18(20)21-12-15-6-7-16(23-3)17(10-15)24-4/h6-7,10,14H,5,8-9,11-13H2,1-4H3,(H3,20,21,22). The van der Waals surface area contributed by atoms with Gasteiger partial charge in [-0.25, -0.2) is 4.99 Å². The highest BCUT2D eigenvalue weighted by Gasteiger charge is 2.37. The molecule has 3 N–H and O–H groups in total. The molecule has 0 saturated heterocycles. The number of methoxy groups -OCH3 is 2. The van der Waals surface area contributed by atoms with Gasteiger partial charge in [-0.05, 0) is 48.3 Å². The predicted molar refractivity (Wildman–Crippen MR) is 98.6 cm³/mol. The topological polar surface area (TPSA) is 68.9 Å². The number of nitrogens with one attached hydrogen (secondary N) is 1. The molecule has 2 rings (SSSR count). The van der Waals surface area contributed by atoms with Gasteiger partial charge in [0.15, 0.2) is 17.5 Å². The van der Waals surface area contributed by atoms with Gasteiger partial charge < -0.3 is 20.5 Å². The normalized spacial score (nSPS) is 16.6. The van der Waals surface area contributed by atoms with Gasteiger partial charge in [0.25, 0.3) is 0 Å². The summed E-state index contributed by atoms with van der Waals surface area (Å²) in [5.41, 5.74) is 7.50. The molecule has 5 nitrogen and oxygen atoms in total. The van der Waals surface area contributed by atoms with Crippen molar-refractivity contribution in [1.82, 2.24) is 5.32 Å². The van der Waals surface area contributed by atoms with E-state index in [0.717, 1.165) is 23.8 Å². The van der Waals surface area contributed by atoms with Gasteiger partial charge in [0.05, 0.1) is 20.8 Å². The number of hydrogen-bond donors (Lipinski definition) is 2. The third kappa shape index (κ3) is 4.79. The average Bonchev–Trinajstić information content (AvgIpc) is 2.54. The number of nitrogens with zero attached hydrogens (tertiary/aromatic N) is 1. The van der Waals surface area contributed by atoms with Crippen molar-refractivity contribution in [2.45, 2.75) is 46.1 Å². The van der Waals surface area contributed by atoms with E-state index in [1.807, 2.05) is 18.2 Å². The van der Waals surface area contributed by atoms with Crippen molar-refractivity contribution in [2.24, 2.45) is 22.1 Å². The number of rotatable bonds is 8. The minimum absolute atomic E-state index is 0.414. The minimum Gasteiger partial charge on any atom is -0.493 e. The van der Waals surface area contributed by atoms with Crippen LogP contribution in [0.15, 0.2) is 23.2 Å². The molecular formula is C19H31N3O2. The van der Waals surface area contributed by atoms with Crippen LogP contribution in [-0.4, -0.2) is 26.7 Å². The van der Waals surface area contributed by atoms with E-state index < -0.39 is 0 Å². The van der Waals surface area contributed by atoms with Crippen LogP contribution in [0.4, 0.5) is 0 Å². The Balaban J connectivity index is 1.89. The van der Waals surface area contributed by atoms with Crippen molar-refractivity contribution in [1.29, 1.82) is 0 Å². The Bertz CT molecular complexity index is 566. The van der Waals surface area contributed by atoms with E-state index in [4.69, 9.17) is 15.2 Å². The summed E-state index contributed by atoms with van der Waals surface area (Å²) in [5.74, 6) is 2.66. The molecule has 1 fully saturated rings. The van der Waals surface area contributed by atoms with Gasteiger partial charge in [-0.15, -0.1) is 0 Å². The van der Waals surface area contributed by atoms with Gasteiger partial charge in [0.2, 0.25) is 0 Å². The monoisotopic (exact) mass is 333 g/mol. The summed E-state index contributed by atoms with van der Waals surface area (Å²) in [6, 6.07) is 5.80. The van der Waals surface area contributed by atoms with Crippen LogP contribution in [0.2, 0.25) is 0 Å². The first-order valence-corrected chi connectivity index (χ1v) is 8.73. The summed E-state index contributed by atoms with van der Waals surface area (Å²) >= 11 is 0. The molecule has 0 heterocycles. The van der Waals surface area contributed by atoms with Crippen molar-refractivity contribution < 1.29 is 9.47 Å². The predicted octanol–water partition coefficient (Wildman–Crippen LogP) is 3.32. The van der Waals surface area contributed by atoms with Crippen LogP contribution in [0.25, 0.3) is 0 Å². The maximum atomic E-state index is 6.05. The summed E-state index contributed by atoms with van der Waals surface area (Å²) < 4.78 is 10.6. The van der Waals surface area contributed by atoms with E-state index in [2.05, 4.69) is 24.2 Å². The molecule has 0 bridgehead atoms. The van der Waals surface area contributed by atoms with Crippen LogP contribution in [0, 0.1) is 11.3 Å². The molecular weight excluding hydrogens is 302 g/mol. The Morgan fingerprint density at radius 2 is 1.96 bits per heavy atom. The first-order chi connectivity index (χ1) is 11.5. The second kappa shape index (κ2) is 8.27. The molecule has 134 valence electrons. The number of benzene rings is 1. The highest BCUT2D eigenvalue weighted by Crippen LogP contribution is 2.45. The van der Waals surface area contributed by atoms with E-state index >= 15 is 0 Å². The lowest BCUT2D eigenvalue weighted by Gasteiger charge is -2.43. The van der Waals surface area contributed by atoms with Gasteiger partial charge >= 0.3 is 0 Å². The van der Waals surface area contributed by atoms with Crippen LogP contribution in [0.5, 0.6) is 11.5 Å². The highest BCUT2D eigenvalue weighted by molar-refractivity contribution is 5.77. The quantitative estimate of drug-likeness (QED) is 0.565. The Morgan fingerprint density at radius 1 is 1.25 bits per heavy atom. The van der Waals surface area contributed by atoms with E-state index in [9.17, 15) is 0 Å². The summed E-state index contributed by atoms with van der Waals surface area (Å²) in [7, 11) is 3.26. The number of ether oxygens (including phenoxy) is 2. The van der Waals surface area contributed by atoms with E-state index in [1.54, 1.807) is 14.2 Å². The maximum Gasteiger partial charge on any atom is 0.188 e. The largest absolute Gasteiger partial charge is 0.493 e. The third-order valence-electron chi connectivity index (χ3n) is 4.78. The molecule has 1 aliphatic rings. The number of aliphatic imine (C=N–C) groups is 1. The average molecular weight is 333 g/mol. The molecule has 0 amide bonds. The molecule has 1 aliphatic carbocycles. The van der Waals surface area contributed by atoms with Crippen LogP contribution in [0.1, 0.15) is 45.1 Å². The number of nitrogens with two attached hydrogens (primary N) is 1. The van der Waals surface area contributed by atoms with Crippen molar-refractivity contribution in [3.05, 3.63) is 23.8 Å². The molecule has 0 spiro atoms. The SMILES string of the molecule is COc1ccc(CN=C(N)NCC2(CC(C)C)CCC2)cc1OC. The lowest BCUT2D eigenvalue weighted by Crippen LogP contribution is -2.45. The lowest BCUT2D eigenvalue weighted by atomic mass is 9.64. The van der Waals surface area contributed by atoms with Gasteiger partial charge in [0.1, 0.15) is 0 Å². The van der Waals surface area contributed by atoms with Crippen LogP contribution in [-0.2, 0) is 6.54 Å². The van der Waals surface area contributed by atoms with Crippen molar-refractivity contribution >= 4 is 5.96 Å². The van der Waals surface area contributed by atoms with Crippen LogP contribution < -0.4 is 20.5 Å². The second-order valence-electron chi connectivity index (χ2n) is 7.20. The molecule has 0 aliphatic heterocycles. The number of guanidine groups is 1. The molecule has 5 heteroatoms. The fraction of sp³-hybridized carbons (Fsp3) is 0.632. The van der Waals surface area contributed by atoms with Gasteiger partial charge in [-0.1, -0.05) is 26.3 Å². The van der Waals surface area contributed by atoms with Crippen molar-refractivity contribution in [3.8, 4) is 11.5 Å². The van der Waals surface area contributed by atoms with Crippen LogP contribution >= 0.6 is 0 Å². The van der Waals surface area contributed by atoms with Gasteiger partial charge in [-0.3, -0.25) is 0 Å². The molecule has 1 aromatic carbocycles. The zero-order valence-electron chi connectivity index (χ0n) is 15.4. The molecule has 1 aromatic rings. The maximum absolute atomic E-state index is 6.05. The van der Waals surface area contributed by atoms with Gasteiger partial charge in [-0.2, -0.15) is 0 Å².